The smallest absolute Gasteiger partial charge is 0.322 e. The molecule has 1 rings (SSSR count). The molecule has 1 amide bonds. The van der Waals surface area contributed by atoms with Crippen LogP contribution in [0.5, 0.6) is 11.5 Å². The standard InChI is InChI=1S/C11H12N2O7/c1-19-9-4-7(2-3-8(9)13(17)18)20-6-10(14)12-5-11(15)16/h2-4H,5-6H2,1H3,(H,12,14)(H,15,16). The van der Waals surface area contributed by atoms with Crippen LogP contribution >= 0.6 is 0 Å². The normalized spacial score (nSPS) is 9.65. The van der Waals surface area contributed by atoms with Gasteiger partial charge in [-0.25, -0.2) is 0 Å². The molecule has 108 valence electrons. The molecular formula is C11H12N2O7. The van der Waals surface area contributed by atoms with Crippen LogP contribution in [0.2, 0.25) is 0 Å². The van der Waals surface area contributed by atoms with Crippen molar-refractivity contribution in [1.82, 2.24) is 5.32 Å². The first-order valence-electron chi connectivity index (χ1n) is 5.37. The van der Waals surface area contributed by atoms with E-state index in [-0.39, 0.29) is 17.2 Å². The second-order valence-corrected chi connectivity index (χ2v) is 3.55. The van der Waals surface area contributed by atoms with Crippen molar-refractivity contribution in [2.24, 2.45) is 0 Å². The predicted octanol–water partition coefficient (Wildman–Crippen LogP) is 0.183. The molecule has 0 aliphatic heterocycles. The second kappa shape index (κ2) is 6.92. The maximum absolute atomic E-state index is 11.2. The molecule has 20 heavy (non-hydrogen) atoms. The largest absolute Gasteiger partial charge is 0.490 e. The number of carbonyl (C=O) groups excluding carboxylic acids is 1. The van der Waals surface area contributed by atoms with E-state index < -0.39 is 30.0 Å². The maximum atomic E-state index is 11.2. The predicted molar refractivity (Wildman–Crippen MR) is 65.8 cm³/mol. The van der Waals surface area contributed by atoms with E-state index in [4.69, 9.17) is 14.6 Å². The molecule has 0 aliphatic carbocycles. The molecule has 0 unspecified atom stereocenters. The number of rotatable bonds is 7. The van der Waals surface area contributed by atoms with Crippen molar-refractivity contribution in [2.45, 2.75) is 0 Å². The monoisotopic (exact) mass is 284 g/mol. The minimum Gasteiger partial charge on any atom is -0.490 e. The number of carbonyl (C=O) groups is 2. The second-order valence-electron chi connectivity index (χ2n) is 3.55. The Morgan fingerprint density at radius 3 is 2.70 bits per heavy atom. The van der Waals surface area contributed by atoms with Crippen molar-refractivity contribution < 1.29 is 29.1 Å². The number of benzene rings is 1. The lowest BCUT2D eigenvalue weighted by atomic mass is 10.3. The molecular weight excluding hydrogens is 272 g/mol. The summed E-state index contributed by atoms with van der Waals surface area (Å²) in [7, 11) is 1.27. The fraction of sp³-hybridized carbons (Fsp3) is 0.273. The molecule has 0 saturated heterocycles. The third-order valence-corrected chi connectivity index (χ3v) is 2.15. The van der Waals surface area contributed by atoms with Gasteiger partial charge >= 0.3 is 11.7 Å². The maximum Gasteiger partial charge on any atom is 0.322 e. The van der Waals surface area contributed by atoms with Gasteiger partial charge in [-0.05, 0) is 6.07 Å². The summed E-state index contributed by atoms with van der Waals surface area (Å²) in [6, 6.07) is 3.76. The molecule has 1 aromatic carbocycles. The number of carboxylic acids is 1. The lowest BCUT2D eigenvalue weighted by molar-refractivity contribution is -0.385. The molecule has 2 N–H and O–H groups in total. The average molecular weight is 284 g/mol. The number of methoxy groups -OCH3 is 1. The Kier molecular flexibility index (Phi) is 5.27. The molecule has 0 fully saturated rings. The van der Waals surface area contributed by atoms with Gasteiger partial charge in [0.05, 0.1) is 12.0 Å². The number of ether oxygens (including phenoxy) is 2. The van der Waals surface area contributed by atoms with Gasteiger partial charge < -0.3 is 19.9 Å². The number of nitro benzene ring substituents is 1. The zero-order valence-corrected chi connectivity index (χ0v) is 10.5. The summed E-state index contributed by atoms with van der Waals surface area (Å²) in [5.41, 5.74) is -0.227. The van der Waals surface area contributed by atoms with Crippen molar-refractivity contribution in [3.05, 3.63) is 28.3 Å². The van der Waals surface area contributed by atoms with Crippen molar-refractivity contribution in [2.75, 3.05) is 20.3 Å². The lowest BCUT2D eigenvalue weighted by Crippen LogP contribution is -2.33. The molecule has 0 aromatic heterocycles. The number of amides is 1. The zero-order chi connectivity index (χ0) is 15.1. The molecule has 0 saturated carbocycles. The van der Waals surface area contributed by atoms with Gasteiger partial charge in [0.15, 0.2) is 6.61 Å². The Bertz CT molecular complexity index is 530. The van der Waals surface area contributed by atoms with Crippen LogP contribution in [0, 0.1) is 10.1 Å². The van der Waals surface area contributed by atoms with E-state index in [1.54, 1.807) is 0 Å². The van der Waals surface area contributed by atoms with Gasteiger partial charge in [-0.1, -0.05) is 0 Å². The topological polar surface area (TPSA) is 128 Å². The summed E-state index contributed by atoms with van der Waals surface area (Å²) in [6.07, 6.45) is 0. The van der Waals surface area contributed by atoms with Crippen molar-refractivity contribution >= 4 is 17.6 Å². The first-order valence-corrected chi connectivity index (χ1v) is 5.37. The van der Waals surface area contributed by atoms with E-state index in [0.29, 0.717) is 0 Å². The minimum absolute atomic E-state index is 0.00144. The number of nitrogens with one attached hydrogen (secondary N) is 1. The van der Waals surface area contributed by atoms with Crippen LogP contribution in [-0.4, -0.2) is 42.2 Å². The van der Waals surface area contributed by atoms with Crippen molar-refractivity contribution in [3.8, 4) is 11.5 Å². The molecule has 0 heterocycles. The van der Waals surface area contributed by atoms with Crippen molar-refractivity contribution in [3.63, 3.8) is 0 Å². The van der Waals surface area contributed by atoms with E-state index in [1.807, 2.05) is 0 Å². The SMILES string of the molecule is COc1cc(OCC(=O)NCC(=O)O)ccc1[N+](=O)[O-]. The highest BCUT2D eigenvalue weighted by Gasteiger charge is 2.15. The first-order chi connectivity index (χ1) is 9.43. The summed E-state index contributed by atoms with van der Waals surface area (Å²) in [5.74, 6) is -1.60. The molecule has 0 spiro atoms. The Balaban J connectivity index is 2.63. The number of hydrogen-bond donors (Lipinski definition) is 2. The van der Waals surface area contributed by atoms with E-state index in [1.165, 1.54) is 25.3 Å². The van der Waals surface area contributed by atoms with Gasteiger partial charge in [0.1, 0.15) is 12.3 Å². The van der Waals surface area contributed by atoms with E-state index >= 15 is 0 Å². The van der Waals surface area contributed by atoms with Crippen molar-refractivity contribution in [1.29, 1.82) is 0 Å². The summed E-state index contributed by atoms with van der Waals surface area (Å²) < 4.78 is 9.90. The van der Waals surface area contributed by atoms with E-state index in [2.05, 4.69) is 5.32 Å². The fourth-order valence-electron chi connectivity index (χ4n) is 1.27. The first kappa shape index (κ1) is 15.2. The van der Waals surface area contributed by atoms with Crippen LogP contribution < -0.4 is 14.8 Å². The highest BCUT2D eigenvalue weighted by Crippen LogP contribution is 2.30. The summed E-state index contributed by atoms with van der Waals surface area (Å²) in [5, 5.41) is 21.1. The Hall–Kier alpha value is -2.84. The molecule has 0 radical (unpaired) electrons. The minimum atomic E-state index is -1.17. The van der Waals surface area contributed by atoms with Gasteiger partial charge in [0.2, 0.25) is 5.75 Å². The number of nitrogens with zero attached hydrogens (tertiary/aromatic N) is 1. The third kappa shape index (κ3) is 4.44. The van der Waals surface area contributed by atoms with Crippen LogP contribution in [0.1, 0.15) is 0 Å². The van der Waals surface area contributed by atoms with Crippen LogP contribution in [0.15, 0.2) is 18.2 Å². The number of hydrogen-bond acceptors (Lipinski definition) is 6. The number of carboxylic acid groups (broad SMARTS) is 1. The molecule has 0 aliphatic rings. The summed E-state index contributed by atoms with van der Waals surface area (Å²) >= 11 is 0. The van der Waals surface area contributed by atoms with Gasteiger partial charge in [0, 0.05) is 12.1 Å². The molecule has 1 aromatic rings. The van der Waals surface area contributed by atoms with Gasteiger partial charge in [-0.3, -0.25) is 19.7 Å². The zero-order valence-electron chi connectivity index (χ0n) is 10.5. The Labute approximate surface area is 113 Å². The van der Waals surface area contributed by atoms with E-state index in [0.717, 1.165) is 0 Å². The number of aliphatic carboxylic acids is 1. The van der Waals surface area contributed by atoms with Gasteiger partial charge in [-0.15, -0.1) is 0 Å². The van der Waals surface area contributed by atoms with Crippen LogP contribution in [0.4, 0.5) is 5.69 Å². The summed E-state index contributed by atoms with van der Waals surface area (Å²) in [6.45, 7) is -0.917. The van der Waals surface area contributed by atoms with Gasteiger partial charge in [0.25, 0.3) is 5.91 Å². The molecule has 0 bridgehead atoms. The quantitative estimate of drug-likeness (QED) is 0.540. The van der Waals surface area contributed by atoms with Gasteiger partial charge in [-0.2, -0.15) is 0 Å². The average Bonchev–Trinajstić information content (AvgIpc) is 2.42. The van der Waals surface area contributed by atoms with E-state index in [9.17, 15) is 19.7 Å². The summed E-state index contributed by atoms with van der Waals surface area (Å²) in [4.78, 5) is 31.5. The Morgan fingerprint density at radius 2 is 2.15 bits per heavy atom. The van der Waals surface area contributed by atoms with Crippen LogP contribution in [0.25, 0.3) is 0 Å². The molecule has 0 atom stereocenters. The lowest BCUT2D eigenvalue weighted by Gasteiger charge is -2.08. The number of nitro groups is 1. The molecule has 9 heteroatoms. The fourth-order valence-corrected chi connectivity index (χ4v) is 1.27. The highest BCUT2D eigenvalue weighted by molar-refractivity contribution is 5.82. The third-order valence-electron chi connectivity index (χ3n) is 2.15. The Morgan fingerprint density at radius 1 is 1.45 bits per heavy atom. The highest BCUT2D eigenvalue weighted by atomic mass is 16.6. The molecule has 9 nitrogen and oxygen atoms in total. The van der Waals surface area contributed by atoms with Crippen LogP contribution in [-0.2, 0) is 9.59 Å². The van der Waals surface area contributed by atoms with Crippen LogP contribution in [0.3, 0.4) is 0 Å².